The van der Waals surface area contributed by atoms with Gasteiger partial charge in [0.2, 0.25) is 23.3 Å². The number of hydrogen-bond acceptors (Lipinski definition) is 7. The average Bonchev–Trinajstić information content (AvgIpc) is 2.94. The normalized spacial score (nSPS) is 10.4. The van der Waals surface area contributed by atoms with Gasteiger partial charge in [-0.15, -0.1) is 0 Å². The van der Waals surface area contributed by atoms with E-state index in [0.717, 1.165) is 0 Å². The Kier molecular flexibility index (Phi) is 4.04. The first-order valence-corrected chi connectivity index (χ1v) is 5.67. The van der Waals surface area contributed by atoms with Crippen LogP contribution < -0.4 is 19.9 Å². The van der Waals surface area contributed by atoms with E-state index in [0.29, 0.717) is 0 Å². The number of aromatic nitrogens is 2. The van der Waals surface area contributed by atoms with Crippen molar-refractivity contribution in [3.63, 3.8) is 0 Å². The van der Waals surface area contributed by atoms with E-state index in [1.54, 1.807) is 0 Å². The van der Waals surface area contributed by atoms with Gasteiger partial charge in [0.25, 0.3) is 0 Å². The van der Waals surface area contributed by atoms with E-state index in [1.807, 2.05) is 0 Å². The van der Waals surface area contributed by atoms with Crippen LogP contribution >= 0.6 is 0 Å². The molecule has 1 aromatic carbocycles. The van der Waals surface area contributed by atoms with Crippen LogP contribution in [0.25, 0.3) is 11.4 Å². The van der Waals surface area contributed by atoms with Crippen LogP contribution in [-0.2, 0) is 6.54 Å². The molecule has 7 nitrogen and oxygen atoms in total. The Morgan fingerprint density at radius 3 is 2.40 bits per heavy atom. The minimum absolute atomic E-state index is 0.0596. The van der Waals surface area contributed by atoms with Gasteiger partial charge in [-0.2, -0.15) is 9.37 Å². The summed E-state index contributed by atoms with van der Waals surface area (Å²) in [6.07, 6.45) is 0. The molecule has 0 bridgehead atoms. The lowest BCUT2D eigenvalue weighted by Crippen LogP contribution is -2.00. The third-order valence-electron chi connectivity index (χ3n) is 2.65. The molecular formula is C12H14FN3O4. The molecule has 0 spiro atoms. The summed E-state index contributed by atoms with van der Waals surface area (Å²) in [7, 11) is 4.06. The summed E-state index contributed by atoms with van der Waals surface area (Å²) in [6.45, 7) is 0.0884. The summed E-state index contributed by atoms with van der Waals surface area (Å²) < 4.78 is 34.3. The molecule has 0 amide bonds. The Labute approximate surface area is 114 Å². The molecule has 0 saturated carbocycles. The monoisotopic (exact) mass is 283 g/mol. The zero-order valence-electron chi connectivity index (χ0n) is 11.3. The smallest absolute Gasteiger partial charge is 0.240 e. The van der Waals surface area contributed by atoms with Crippen molar-refractivity contribution in [2.45, 2.75) is 6.54 Å². The predicted molar refractivity (Wildman–Crippen MR) is 67.2 cm³/mol. The molecule has 0 radical (unpaired) electrons. The van der Waals surface area contributed by atoms with Gasteiger partial charge in [-0.3, -0.25) is 0 Å². The quantitative estimate of drug-likeness (QED) is 0.885. The molecule has 0 aliphatic carbocycles. The van der Waals surface area contributed by atoms with E-state index in [4.69, 9.17) is 24.5 Å². The second kappa shape index (κ2) is 5.74. The zero-order valence-corrected chi connectivity index (χ0v) is 11.3. The number of halogens is 1. The van der Waals surface area contributed by atoms with E-state index in [2.05, 4.69) is 10.1 Å². The average molecular weight is 283 g/mol. The van der Waals surface area contributed by atoms with Crippen molar-refractivity contribution in [1.82, 2.24) is 10.1 Å². The van der Waals surface area contributed by atoms with Crippen molar-refractivity contribution in [2.24, 2.45) is 5.73 Å². The molecule has 0 aliphatic heterocycles. The predicted octanol–water partition coefficient (Wildman–Crippen LogP) is 1.36. The SMILES string of the molecule is COc1cc(-c2noc(CN)n2)c(OC)c(F)c1OC. The Balaban J connectivity index is 2.65. The van der Waals surface area contributed by atoms with Gasteiger partial charge in [0.1, 0.15) is 0 Å². The van der Waals surface area contributed by atoms with Crippen molar-refractivity contribution in [3.8, 4) is 28.6 Å². The minimum Gasteiger partial charge on any atom is -0.493 e. The summed E-state index contributed by atoms with van der Waals surface area (Å²) >= 11 is 0. The fourth-order valence-corrected chi connectivity index (χ4v) is 1.75. The van der Waals surface area contributed by atoms with Crippen molar-refractivity contribution < 1.29 is 23.1 Å². The van der Waals surface area contributed by atoms with Gasteiger partial charge in [-0.05, 0) is 6.07 Å². The van der Waals surface area contributed by atoms with Crippen LogP contribution in [-0.4, -0.2) is 31.5 Å². The Morgan fingerprint density at radius 1 is 1.20 bits per heavy atom. The number of benzene rings is 1. The number of hydrogen-bond donors (Lipinski definition) is 1. The molecular weight excluding hydrogens is 269 g/mol. The van der Waals surface area contributed by atoms with E-state index in [9.17, 15) is 4.39 Å². The third kappa shape index (κ3) is 2.25. The zero-order chi connectivity index (χ0) is 14.7. The van der Waals surface area contributed by atoms with Gasteiger partial charge in [0.15, 0.2) is 11.5 Å². The molecule has 0 aliphatic rings. The van der Waals surface area contributed by atoms with Gasteiger partial charge >= 0.3 is 0 Å². The minimum atomic E-state index is -0.705. The highest BCUT2D eigenvalue weighted by Gasteiger charge is 2.24. The van der Waals surface area contributed by atoms with E-state index < -0.39 is 5.82 Å². The Bertz CT molecular complexity index is 615. The Hall–Kier alpha value is -2.35. The van der Waals surface area contributed by atoms with Crippen molar-refractivity contribution >= 4 is 0 Å². The number of ether oxygens (including phenoxy) is 3. The van der Waals surface area contributed by atoms with Crippen LogP contribution in [0.2, 0.25) is 0 Å². The van der Waals surface area contributed by atoms with Gasteiger partial charge in [0.05, 0.1) is 33.4 Å². The molecule has 2 N–H and O–H groups in total. The first-order chi connectivity index (χ1) is 9.65. The van der Waals surface area contributed by atoms with Crippen LogP contribution in [0.1, 0.15) is 5.89 Å². The first-order valence-electron chi connectivity index (χ1n) is 5.67. The summed E-state index contributed by atoms with van der Waals surface area (Å²) in [5.41, 5.74) is 5.68. The third-order valence-corrected chi connectivity index (χ3v) is 2.65. The maximum Gasteiger partial charge on any atom is 0.240 e. The van der Waals surface area contributed by atoms with Gasteiger partial charge in [-0.25, -0.2) is 0 Å². The van der Waals surface area contributed by atoms with Crippen LogP contribution in [0.3, 0.4) is 0 Å². The molecule has 1 aromatic heterocycles. The highest BCUT2D eigenvalue weighted by atomic mass is 19.1. The lowest BCUT2D eigenvalue weighted by atomic mass is 10.1. The lowest BCUT2D eigenvalue weighted by molar-refractivity contribution is 0.321. The van der Waals surface area contributed by atoms with E-state index in [1.165, 1.54) is 27.4 Å². The highest BCUT2D eigenvalue weighted by molar-refractivity contribution is 5.70. The number of methoxy groups -OCH3 is 3. The maximum atomic E-state index is 14.3. The molecule has 0 saturated heterocycles. The molecule has 8 heteroatoms. The maximum absolute atomic E-state index is 14.3. The number of nitrogens with zero attached hydrogens (tertiary/aromatic N) is 2. The largest absolute Gasteiger partial charge is 0.493 e. The highest BCUT2D eigenvalue weighted by Crippen LogP contribution is 2.42. The van der Waals surface area contributed by atoms with Crippen LogP contribution in [0.15, 0.2) is 10.6 Å². The van der Waals surface area contributed by atoms with Crippen molar-refractivity contribution in [2.75, 3.05) is 21.3 Å². The van der Waals surface area contributed by atoms with Gasteiger partial charge in [0, 0.05) is 0 Å². The van der Waals surface area contributed by atoms with Gasteiger partial charge in [-0.1, -0.05) is 5.16 Å². The molecule has 2 aromatic rings. The summed E-state index contributed by atoms with van der Waals surface area (Å²) in [6, 6.07) is 1.51. The molecule has 0 atom stereocenters. The van der Waals surface area contributed by atoms with Gasteiger partial charge < -0.3 is 24.5 Å². The molecule has 0 unspecified atom stereocenters. The first kappa shape index (κ1) is 14.1. The fraction of sp³-hybridized carbons (Fsp3) is 0.333. The topological polar surface area (TPSA) is 92.6 Å². The second-order valence-corrected chi connectivity index (χ2v) is 3.72. The molecule has 2 rings (SSSR count). The molecule has 20 heavy (non-hydrogen) atoms. The summed E-state index contributed by atoms with van der Waals surface area (Å²) in [4.78, 5) is 4.03. The molecule has 0 fully saturated rings. The number of nitrogens with two attached hydrogens (primary N) is 1. The van der Waals surface area contributed by atoms with Crippen LogP contribution in [0, 0.1) is 5.82 Å². The Morgan fingerprint density at radius 2 is 1.90 bits per heavy atom. The molecule has 1 heterocycles. The number of rotatable bonds is 5. The fourth-order valence-electron chi connectivity index (χ4n) is 1.75. The standard InChI is InChI=1S/C12H14FN3O4/c1-17-7-4-6(12-15-8(5-14)20-16-12)10(18-2)9(13)11(7)19-3/h4H,5,14H2,1-3H3. The van der Waals surface area contributed by atoms with Crippen molar-refractivity contribution in [3.05, 3.63) is 17.8 Å². The van der Waals surface area contributed by atoms with Crippen LogP contribution in [0.4, 0.5) is 4.39 Å². The molecule has 108 valence electrons. The van der Waals surface area contributed by atoms with E-state index in [-0.39, 0.29) is 41.1 Å². The second-order valence-electron chi connectivity index (χ2n) is 3.72. The summed E-state index contributed by atoms with van der Waals surface area (Å²) in [5, 5.41) is 3.73. The van der Waals surface area contributed by atoms with Crippen LogP contribution in [0.5, 0.6) is 17.2 Å². The lowest BCUT2D eigenvalue weighted by Gasteiger charge is -2.13. The summed E-state index contributed by atoms with van der Waals surface area (Å²) in [5.74, 6) is -0.245. The van der Waals surface area contributed by atoms with Crippen molar-refractivity contribution in [1.29, 1.82) is 0 Å². The van der Waals surface area contributed by atoms with E-state index >= 15 is 0 Å².